The summed E-state index contributed by atoms with van der Waals surface area (Å²) >= 11 is 0. The van der Waals surface area contributed by atoms with Crippen molar-refractivity contribution >= 4 is 11.5 Å². The molecule has 0 saturated heterocycles. The lowest BCUT2D eigenvalue weighted by molar-refractivity contribution is -0.0162. The Kier molecular flexibility index (Phi) is 5.39. The summed E-state index contributed by atoms with van der Waals surface area (Å²) in [5.74, 6) is 0.762. The van der Waals surface area contributed by atoms with Crippen molar-refractivity contribution in [2.75, 3.05) is 26.1 Å². The second-order valence-corrected chi connectivity index (χ2v) is 5.42. The molecule has 0 amide bonds. The van der Waals surface area contributed by atoms with E-state index in [4.69, 9.17) is 19.9 Å². The van der Waals surface area contributed by atoms with E-state index in [-0.39, 0.29) is 11.4 Å². The monoisotopic (exact) mass is 281 g/mol. The molecule has 0 unspecified atom stereocenters. The van der Waals surface area contributed by atoms with Crippen LogP contribution in [-0.2, 0) is 4.74 Å². The molecule has 20 heavy (non-hydrogen) atoms. The third-order valence-corrected chi connectivity index (χ3v) is 2.62. The molecule has 0 aromatic heterocycles. The first-order valence-electron chi connectivity index (χ1n) is 6.50. The minimum Gasteiger partial charge on any atom is -0.496 e. The lowest BCUT2D eigenvalue weighted by atomic mass is 10.1. The van der Waals surface area contributed by atoms with Gasteiger partial charge >= 0.3 is 0 Å². The van der Waals surface area contributed by atoms with Gasteiger partial charge in [-0.2, -0.15) is 0 Å². The number of anilines is 1. The van der Waals surface area contributed by atoms with Crippen molar-refractivity contribution in [3.8, 4) is 11.5 Å². The number of ketones is 1. The quantitative estimate of drug-likeness (QED) is 0.493. The highest BCUT2D eigenvalue weighted by atomic mass is 16.5. The standard InChI is InChI=1S/C15H23NO4/c1-10(17)13-11(18-5)6-7-12(14(13)16)19-8-9-20-15(2,3)4/h6-7H,8-9,16H2,1-5H3. The van der Waals surface area contributed by atoms with Gasteiger partial charge in [0.2, 0.25) is 0 Å². The van der Waals surface area contributed by atoms with Crippen LogP contribution in [-0.4, -0.2) is 31.7 Å². The number of rotatable bonds is 6. The van der Waals surface area contributed by atoms with Crippen molar-refractivity contribution in [3.63, 3.8) is 0 Å². The number of carbonyl (C=O) groups excluding carboxylic acids is 1. The summed E-state index contributed by atoms with van der Waals surface area (Å²) < 4.78 is 16.3. The Morgan fingerprint density at radius 1 is 1.20 bits per heavy atom. The molecule has 2 N–H and O–H groups in total. The number of hydrogen-bond donors (Lipinski definition) is 1. The Labute approximate surface area is 120 Å². The number of carbonyl (C=O) groups is 1. The van der Waals surface area contributed by atoms with E-state index in [1.165, 1.54) is 14.0 Å². The molecule has 1 aromatic rings. The van der Waals surface area contributed by atoms with E-state index < -0.39 is 0 Å². The van der Waals surface area contributed by atoms with Crippen LogP contribution in [0.3, 0.4) is 0 Å². The Hall–Kier alpha value is -1.75. The van der Waals surface area contributed by atoms with E-state index in [1.54, 1.807) is 12.1 Å². The molecular formula is C15H23NO4. The van der Waals surface area contributed by atoms with Crippen molar-refractivity contribution in [3.05, 3.63) is 17.7 Å². The molecule has 112 valence electrons. The Morgan fingerprint density at radius 2 is 1.80 bits per heavy atom. The molecule has 1 aromatic carbocycles. The van der Waals surface area contributed by atoms with Gasteiger partial charge in [-0.3, -0.25) is 4.79 Å². The lowest BCUT2D eigenvalue weighted by Gasteiger charge is -2.20. The van der Waals surface area contributed by atoms with Crippen molar-refractivity contribution < 1.29 is 19.0 Å². The first kappa shape index (κ1) is 16.3. The van der Waals surface area contributed by atoms with Crippen molar-refractivity contribution in [1.82, 2.24) is 0 Å². The van der Waals surface area contributed by atoms with E-state index in [0.717, 1.165) is 0 Å². The highest BCUT2D eigenvalue weighted by Crippen LogP contribution is 2.33. The molecule has 0 heterocycles. The van der Waals surface area contributed by atoms with Gasteiger partial charge in [-0.05, 0) is 39.8 Å². The zero-order chi connectivity index (χ0) is 15.3. The molecular weight excluding hydrogens is 258 g/mol. The predicted molar refractivity (Wildman–Crippen MR) is 78.6 cm³/mol. The van der Waals surface area contributed by atoms with E-state index in [9.17, 15) is 4.79 Å². The van der Waals surface area contributed by atoms with E-state index >= 15 is 0 Å². The minimum atomic E-state index is -0.209. The highest BCUT2D eigenvalue weighted by molar-refractivity contribution is 6.03. The van der Waals surface area contributed by atoms with Crippen LogP contribution in [0.25, 0.3) is 0 Å². The van der Waals surface area contributed by atoms with Gasteiger partial charge in [-0.1, -0.05) is 0 Å². The van der Waals surface area contributed by atoms with Crippen LogP contribution in [0.4, 0.5) is 5.69 Å². The molecule has 5 nitrogen and oxygen atoms in total. The lowest BCUT2D eigenvalue weighted by Crippen LogP contribution is -2.22. The molecule has 0 spiro atoms. The molecule has 0 aliphatic carbocycles. The van der Waals surface area contributed by atoms with Crippen LogP contribution in [0.2, 0.25) is 0 Å². The number of nitrogen functional groups attached to an aromatic ring is 1. The maximum absolute atomic E-state index is 11.6. The number of nitrogens with two attached hydrogens (primary N) is 1. The normalized spacial score (nSPS) is 11.2. The van der Waals surface area contributed by atoms with Crippen molar-refractivity contribution in [2.24, 2.45) is 0 Å². The van der Waals surface area contributed by atoms with Crippen LogP contribution >= 0.6 is 0 Å². The second kappa shape index (κ2) is 6.61. The largest absolute Gasteiger partial charge is 0.496 e. The van der Waals surface area contributed by atoms with E-state index in [2.05, 4.69) is 0 Å². The number of benzene rings is 1. The van der Waals surface area contributed by atoms with Crippen LogP contribution in [0.5, 0.6) is 11.5 Å². The number of Topliss-reactive ketones (excluding diaryl/α,β-unsaturated/α-hetero) is 1. The summed E-state index contributed by atoms with van der Waals surface area (Å²) in [5.41, 5.74) is 6.40. The summed E-state index contributed by atoms with van der Waals surface area (Å²) in [4.78, 5) is 11.6. The molecule has 5 heteroatoms. The molecule has 1 rings (SSSR count). The maximum Gasteiger partial charge on any atom is 0.165 e. The molecule has 0 atom stereocenters. The fraction of sp³-hybridized carbons (Fsp3) is 0.533. The number of ether oxygens (including phenoxy) is 3. The smallest absolute Gasteiger partial charge is 0.165 e. The van der Waals surface area contributed by atoms with E-state index in [0.29, 0.717) is 36.0 Å². The van der Waals surface area contributed by atoms with Gasteiger partial charge in [0.05, 0.1) is 30.6 Å². The average Bonchev–Trinajstić information content (AvgIpc) is 2.33. The first-order chi connectivity index (χ1) is 9.26. The average molecular weight is 281 g/mol. The second-order valence-electron chi connectivity index (χ2n) is 5.42. The Balaban J connectivity index is 2.77. The van der Waals surface area contributed by atoms with Crippen LogP contribution in [0.1, 0.15) is 38.1 Å². The fourth-order valence-corrected chi connectivity index (χ4v) is 1.74. The van der Waals surface area contributed by atoms with Crippen LogP contribution in [0.15, 0.2) is 12.1 Å². The number of hydrogen-bond acceptors (Lipinski definition) is 5. The summed E-state index contributed by atoms with van der Waals surface area (Å²) in [7, 11) is 1.50. The molecule has 0 aliphatic heterocycles. The Bertz CT molecular complexity index is 477. The summed E-state index contributed by atoms with van der Waals surface area (Å²) in [6, 6.07) is 3.37. The van der Waals surface area contributed by atoms with Gasteiger partial charge in [0.15, 0.2) is 5.78 Å². The number of methoxy groups -OCH3 is 1. The molecule has 0 bridgehead atoms. The fourth-order valence-electron chi connectivity index (χ4n) is 1.74. The Morgan fingerprint density at radius 3 is 2.30 bits per heavy atom. The zero-order valence-electron chi connectivity index (χ0n) is 12.8. The van der Waals surface area contributed by atoms with Crippen molar-refractivity contribution in [2.45, 2.75) is 33.3 Å². The SMILES string of the molecule is COc1ccc(OCCOC(C)(C)C)c(N)c1C(C)=O. The summed E-state index contributed by atoms with van der Waals surface area (Å²) in [6.45, 7) is 8.18. The third kappa shape index (κ3) is 4.42. The van der Waals surface area contributed by atoms with Gasteiger partial charge < -0.3 is 19.9 Å². The van der Waals surface area contributed by atoms with Crippen molar-refractivity contribution in [1.29, 1.82) is 0 Å². The van der Waals surface area contributed by atoms with Gasteiger partial charge in [0.1, 0.15) is 18.1 Å². The maximum atomic E-state index is 11.6. The van der Waals surface area contributed by atoms with E-state index in [1.807, 2.05) is 20.8 Å². The van der Waals surface area contributed by atoms with Gasteiger partial charge in [0, 0.05) is 0 Å². The van der Waals surface area contributed by atoms with Gasteiger partial charge in [0.25, 0.3) is 0 Å². The first-order valence-corrected chi connectivity index (χ1v) is 6.50. The topological polar surface area (TPSA) is 70.8 Å². The summed E-state index contributed by atoms with van der Waals surface area (Å²) in [6.07, 6.45) is 0. The van der Waals surface area contributed by atoms with Gasteiger partial charge in [-0.25, -0.2) is 0 Å². The summed E-state index contributed by atoms with van der Waals surface area (Å²) in [5, 5.41) is 0. The van der Waals surface area contributed by atoms with Gasteiger partial charge in [-0.15, -0.1) is 0 Å². The molecule has 0 saturated carbocycles. The molecule has 0 radical (unpaired) electrons. The molecule has 0 aliphatic rings. The minimum absolute atomic E-state index is 0.157. The zero-order valence-corrected chi connectivity index (χ0v) is 12.8. The molecule has 0 fully saturated rings. The van der Waals surface area contributed by atoms with Crippen LogP contribution in [0, 0.1) is 0 Å². The highest BCUT2D eigenvalue weighted by Gasteiger charge is 2.16. The van der Waals surface area contributed by atoms with Crippen LogP contribution < -0.4 is 15.2 Å². The third-order valence-electron chi connectivity index (χ3n) is 2.62. The predicted octanol–water partition coefficient (Wildman–Crippen LogP) is 2.67.